The van der Waals surface area contributed by atoms with Crippen molar-refractivity contribution in [2.24, 2.45) is 23.2 Å². The van der Waals surface area contributed by atoms with Crippen LogP contribution in [-0.4, -0.2) is 44.8 Å². The molecular formula is C29H48O4. The number of rotatable bonds is 8. The maximum atomic E-state index is 10.5. The van der Waals surface area contributed by atoms with Gasteiger partial charge in [-0.3, -0.25) is 0 Å². The fourth-order valence-corrected chi connectivity index (χ4v) is 7.17. The fraction of sp³-hybridized carbons (Fsp3) is 0.793. The van der Waals surface area contributed by atoms with Crippen molar-refractivity contribution in [2.75, 3.05) is 6.61 Å². The zero-order valence-corrected chi connectivity index (χ0v) is 21.4. The highest BCUT2D eigenvalue weighted by Gasteiger charge is 2.50. The first-order valence-corrected chi connectivity index (χ1v) is 13.3. The molecular weight excluding hydrogens is 412 g/mol. The summed E-state index contributed by atoms with van der Waals surface area (Å²) >= 11 is 0. The summed E-state index contributed by atoms with van der Waals surface area (Å²) in [5.41, 5.74) is 3.14. The number of fused-ring (bicyclic) bond motifs is 1. The van der Waals surface area contributed by atoms with E-state index in [2.05, 4.69) is 26.0 Å². The molecule has 3 aliphatic carbocycles. The van der Waals surface area contributed by atoms with Crippen molar-refractivity contribution in [3.63, 3.8) is 0 Å². The van der Waals surface area contributed by atoms with Crippen LogP contribution in [0.2, 0.25) is 0 Å². The minimum absolute atomic E-state index is 0.0386. The molecule has 3 rings (SSSR count). The van der Waals surface area contributed by atoms with Gasteiger partial charge in [-0.2, -0.15) is 0 Å². The molecule has 0 amide bonds. The van der Waals surface area contributed by atoms with Crippen molar-refractivity contribution in [3.05, 3.63) is 34.9 Å². The molecule has 0 aromatic carbocycles. The fourth-order valence-electron chi connectivity index (χ4n) is 7.17. The van der Waals surface area contributed by atoms with Gasteiger partial charge in [-0.25, -0.2) is 0 Å². The van der Waals surface area contributed by atoms with Gasteiger partial charge in [0.25, 0.3) is 0 Å². The Morgan fingerprint density at radius 1 is 1.12 bits per heavy atom. The summed E-state index contributed by atoms with van der Waals surface area (Å²) in [6.45, 7) is 8.81. The molecule has 0 aromatic rings. The second kappa shape index (κ2) is 11.2. The van der Waals surface area contributed by atoms with Crippen LogP contribution >= 0.6 is 0 Å². The lowest BCUT2D eigenvalue weighted by Crippen LogP contribution is -2.36. The summed E-state index contributed by atoms with van der Waals surface area (Å²) < 4.78 is 0. The molecule has 3 saturated carbocycles. The Morgan fingerprint density at radius 3 is 2.45 bits per heavy atom. The molecule has 0 saturated heterocycles. The number of aliphatic hydroxyl groups excluding tert-OH is 3. The molecule has 3 aliphatic rings. The van der Waals surface area contributed by atoms with Crippen LogP contribution in [0.25, 0.3) is 0 Å². The van der Waals surface area contributed by atoms with Gasteiger partial charge in [0.15, 0.2) is 0 Å². The van der Waals surface area contributed by atoms with E-state index in [1.165, 1.54) is 32.1 Å². The highest BCUT2D eigenvalue weighted by Crippen LogP contribution is 2.60. The van der Waals surface area contributed by atoms with Crippen molar-refractivity contribution in [2.45, 2.75) is 116 Å². The second-order valence-corrected chi connectivity index (χ2v) is 12.0. The minimum Gasteiger partial charge on any atom is -0.396 e. The van der Waals surface area contributed by atoms with Crippen molar-refractivity contribution >= 4 is 0 Å². The summed E-state index contributed by atoms with van der Waals surface area (Å²) in [5, 5.41) is 40.1. The van der Waals surface area contributed by atoms with Gasteiger partial charge in [0.1, 0.15) is 0 Å². The van der Waals surface area contributed by atoms with Gasteiger partial charge in [-0.15, -0.1) is 0 Å². The molecule has 0 bridgehead atoms. The lowest BCUT2D eigenvalue weighted by Gasteiger charge is -2.44. The van der Waals surface area contributed by atoms with Gasteiger partial charge in [0.05, 0.1) is 17.8 Å². The number of aliphatic hydroxyl groups is 4. The zero-order valence-electron chi connectivity index (χ0n) is 21.4. The van der Waals surface area contributed by atoms with Crippen LogP contribution in [0.4, 0.5) is 0 Å². The van der Waals surface area contributed by atoms with Crippen LogP contribution in [0, 0.1) is 23.2 Å². The average molecular weight is 461 g/mol. The van der Waals surface area contributed by atoms with Crippen LogP contribution in [0.5, 0.6) is 0 Å². The van der Waals surface area contributed by atoms with Crippen molar-refractivity contribution in [3.8, 4) is 0 Å². The van der Waals surface area contributed by atoms with E-state index in [0.717, 1.165) is 30.8 Å². The first kappa shape index (κ1) is 26.7. The first-order valence-electron chi connectivity index (χ1n) is 13.3. The molecule has 188 valence electrons. The molecule has 3 fully saturated rings. The third-order valence-corrected chi connectivity index (χ3v) is 8.90. The number of hydrogen-bond donors (Lipinski definition) is 4. The zero-order chi connectivity index (χ0) is 24.2. The Bertz CT molecular complexity index is 727. The number of allylic oxidation sites excluding steroid dienone is 3. The van der Waals surface area contributed by atoms with Gasteiger partial charge in [0, 0.05) is 6.61 Å². The first-order chi connectivity index (χ1) is 15.5. The van der Waals surface area contributed by atoms with E-state index in [-0.39, 0.29) is 6.61 Å². The molecule has 6 atom stereocenters. The lowest BCUT2D eigenvalue weighted by atomic mass is 9.60. The summed E-state index contributed by atoms with van der Waals surface area (Å²) in [6.07, 6.45) is 16.1. The average Bonchev–Trinajstić information content (AvgIpc) is 3.08. The SMILES string of the molecule is C[C@@H](CCCC(C)(C)O)C1CCC2C(=CC=C3C[C@@H](O)C(=CCCO)[C@H](O)C3)CCC[C@@]21C. The van der Waals surface area contributed by atoms with Crippen LogP contribution < -0.4 is 0 Å². The summed E-state index contributed by atoms with van der Waals surface area (Å²) in [6, 6.07) is 0. The largest absolute Gasteiger partial charge is 0.396 e. The predicted molar refractivity (Wildman–Crippen MR) is 135 cm³/mol. The molecule has 0 spiro atoms. The molecule has 4 heteroatoms. The Kier molecular flexibility index (Phi) is 9.05. The van der Waals surface area contributed by atoms with Crippen LogP contribution in [-0.2, 0) is 0 Å². The Morgan fingerprint density at radius 2 is 1.82 bits per heavy atom. The third-order valence-electron chi connectivity index (χ3n) is 8.90. The van der Waals surface area contributed by atoms with Gasteiger partial charge < -0.3 is 20.4 Å². The summed E-state index contributed by atoms with van der Waals surface area (Å²) in [5.74, 6) is 2.08. The smallest absolute Gasteiger partial charge is 0.0812 e. The van der Waals surface area contributed by atoms with E-state index in [1.54, 1.807) is 11.6 Å². The molecule has 0 aliphatic heterocycles. The van der Waals surface area contributed by atoms with Crippen LogP contribution in [0.1, 0.15) is 98.3 Å². The maximum absolute atomic E-state index is 10.5. The van der Waals surface area contributed by atoms with E-state index in [4.69, 9.17) is 5.11 Å². The maximum Gasteiger partial charge on any atom is 0.0812 e. The van der Waals surface area contributed by atoms with Crippen molar-refractivity contribution in [1.82, 2.24) is 0 Å². The van der Waals surface area contributed by atoms with Gasteiger partial charge in [0.2, 0.25) is 0 Å². The normalized spacial score (nSPS) is 35.0. The van der Waals surface area contributed by atoms with Crippen molar-refractivity contribution in [1.29, 1.82) is 0 Å². The van der Waals surface area contributed by atoms with Crippen LogP contribution in [0.15, 0.2) is 34.9 Å². The second-order valence-electron chi connectivity index (χ2n) is 12.0. The topological polar surface area (TPSA) is 80.9 Å². The highest BCUT2D eigenvalue weighted by atomic mass is 16.3. The molecule has 33 heavy (non-hydrogen) atoms. The van der Waals surface area contributed by atoms with E-state index in [0.29, 0.717) is 42.1 Å². The van der Waals surface area contributed by atoms with E-state index in [1.807, 2.05) is 13.8 Å². The van der Waals surface area contributed by atoms with Gasteiger partial charge >= 0.3 is 0 Å². The van der Waals surface area contributed by atoms with E-state index >= 15 is 0 Å². The van der Waals surface area contributed by atoms with Gasteiger partial charge in [-0.05, 0) is 100 Å². The molecule has 4 N–H and O–H groups in total. The van der Waals surface area contributed by atoms with Crippen LogP contribution in [0.3, 0.4) is 0 Å². The monoisotopic (exact) mass is 460 g/mol. The summed E-state index contributed by atoms with van der Waals surface area (Å²) in [4.78, 5) is 0. The Balaban J connectivity index is 1.66. The Labute approximate surface area is 201 Å². The number of hydrogen-bond acceptors (Lipinski definition) is 4. The lowest BCUT2D eigenvalue weighted by molar-refractivity contribution is 0.0596. The summed E-state index contributed by atoms with van der Waals surface area (Å²) in [7, 11) is 0. The van der Waals surface area contributed by atoms with E-state index in [9.17, 15) is 15.3 Å². The predicted octanol–water partition coefficient (Wildman–Crippen LogP) is 5.46. The Hall–Kier alpha value is -0.940. The standard InChI is InChI=1S/C29H48O4/c1-20(8-5-15-28(2,3)33)24-13-14-25-22(9-6-16-29(24,25)4)12-11-21-18-26(31)23(10-7-17-30)27(32)19-21/h10-12,20,24-27,30-33H,5-9,13-19H2,1-4H3/t20-,24?,25?,26+,27+,29+/m0/s1. The van der Waals surface area contributed by atoms with E-state index < -0.39 is 17.8 Å². The highest BCUT2D eigenvalue weighted by molar-refractivity contribution is 5.30. The quantitative estimate of drug-likeness (QED) is 0.363. The van der Waals surface area contributed by atoms with Crippen molar-refractivity contribution < 1.29 is 20.4 Å². The molecule has 4 nitrogen and oxygen atoms in total. The molecule has 0 radical (unpaired) electrons. The molecule has 0 aromatic heterocycles. The molecule has 2 unspecified atom stereocenters. The third kappa shape index (κ3) is 6.60. The molecule has 0 heterocycles. The van der Waals surface area contributed by atoms with Gasteiger partial charge in [-0.1, -0.05) is 56.1 Å². The minimum atomic E-state index is -0.651.